The summed E-state index contributed by atoms with van der Waals surface area (Å²) in [6, 6.07) is 14.7. The zero-order valence-corrected chi connectivity index (χ0v) is 20.9. The van der Waals surface area contributed by atoms with Crippen molar-refractivity contribution < 1.29 is 19.5 Å². The predicted molar refractivity (Wildman–Crippen MR) is 137 cm³/mol. The van der Waals surface area contributed by atoms with Crippen LogP contribution in [0.4, 0.5) is 11.4 Å². The molecule has 7 nitrogen and oxygen atoms in total. The van der Waals surface area contributed by atoms with Gasteiger partial charge in [0.05, 0.1) is 29.2 Å². The van der Waals surface area contributed by atoms with Crippen molar-refractivity contribution in [2.24, 2.45) is 11.8 Å². The van der Waals surface area contributed by atoms with Crippen molar-refractivity contribution in [1.29, 1.82) is 0 Å². The number of aliphatic hydroxyl groups excluding tert-OH is 1. The van der Waals surface area contributed by atoms with Crippen LogP contribution in [0, 0.1) is 11.8 Å². The zero-order valence-electron chi connectivity index (χ0n) is 19.3. The van der Waals surface area contributed by atoms with E-state index in [1.165, 1.54) is 0 Å². The van der Waals surface area contributed by atoms with Gasteiger partial charge in [-0.05, 0) is 55.7 Å². The summed E-state index contributed by atoms with van der Waals surface area (Å²) >= 11 is 7.59. The van der Waals surface area contributed by atoms with E-state index in [0.29, 0.717) is 29.2 Å². The molecule has 2 aromatic carbocycles. The van der Waals surface area contributed by atoms with E-state index in [-0.39, 0.29) is 29.6 Å². The lowest BCUT2D eigenvalue weighted by Crippen LogP contribution is -2.54. The van der Waals surface area contributed by atoms with Crippen LogP contribution in [0.2, 0.25) is 5.02 Å². The van der Waals surface area contributed by atoms with Crippen LogP contribution in [0.1, 0.15) is 26.2 Å². The quantitative estimate of drug-likeness (QED) is 0.523. The Morgan fingerprint density at radius 1 is 1.11 bits per heavy atom. The lowest BCUT2D eigenvalue weighted by Gasteiger charge is -2.36. The minimum absolute atomic E-state index is 0.0325. The van der Waals surface area contributed by atoms with Gasteiger partial charge in [-0.3, -0.25) is 14.4 Å². The molecule has 2 aromatic rings. The van der Waals surface area contributed by atoms with E-state index in [2.05, 4.69) is 10.6 Å². The van der Waals surface area contributed by atoms with Crippen molar-refractivity contribution in [3.63, 3.8) is 0 Å². The van der Waals surface area contributed by atoms with Crippen molar-refractivity contribution >= 4 is 52.5 Å². The fourth-order valence-corrected chi connectivity index (χ4v) is 8.32. The number of benzene rings is 2. The number of thioether (sulfide) groups is 1. The maximum Gasteiger partial charge on any atom is 0.248 e. The molecule has 3 aliphatic rings. The first kappa shape index (κ1) is 24.2. The molecule has 0 aliphatic carbocycles. The molecule has 3 saturated heterocycles. The largest absolute Gasteiger partial charge is 0.394 e. The first-order valence-corrected chi connectivity index (χ1v) is 13.2. The van der Waals surface area contributed by atoms with E-state index in [1.807, 2.05) is 37.3 Å². The van der Waals surface area contributed by atoms with Gasteiger partial charge in [-0.2, -0.15) is 0 Å². The predicted octanol–water partition coefficient (Wildman–Crippen LogP) is 3.78. The van der Waals surface area contributed by atoms with Gasteiger partial charge in [0, 0.05) is 21.6 Å². The van der Waals surface area contributed by atoms with Crippen molar-refractivity contribution in [2.75, 3.05) is 17.2 Å². The van der Waals surface area contributed by atoms with Gasteiger partial charge < -0.3 is 20.6 Å². The fraction of sp³-hybridized carbons (Fsp3) is 0.423. The molecule has 184 valence electrons. The number of hydrogen-bond donors (Lipinski definition) is 3. The highest BCUT2D eigenvalue weighted by molar-refractivity contribution is 8.02. The van der Waals surface area contributed by atoms with Gasteiger partial charge >= 0.3 is 0 Å². The Labute approximate surface area is 213 Å². The van der Waals surface area contributed by atoms with Gasteiger partial charge in [0.2, 0.25) is 17.7 Å². The molecular weight excluding hydrogens is 486 g/mol. The molecule has 3 aliphatic heterocycles. The summed E-state index contributed by atoms with van der Waals surface area (Å²) in [6.45, 7) is 1.64. The highest BCUT2D eigenvalue weighted by Crippen LogP contribution is 2.66. The molecular formula is C26H28ClN3O4S. The molecule has 9 heteroatoms. The third-order valence-electron chi connectivity index (χ3n) is 7.52. The maximum atomic E-state index is 13.9. The number of halogens is 1. The molecule has 3 heterocycles. The minimum atomic E-state index is -0.780. The smallest absolute Gasteiger partial charge is 0.248 e. The van der Waals surface area contributed by atoms with Gasteiger partial charge in [0.25, 0.3) is 0 Å². The lowest BCUT2D eigenvalue weighted by molar-refractivity contribution is -0.141. The second kappa shape index (κ2) is 9.48. The van der Waals surface area contributed by atoms with E-state index in [4.69, 9.17) is 11.6 Å². The molecule has 6 atom stereocenters. The van der Waals surface area contributed by atoms with Crippen LogP contribution in [-0.2, 0) is 14.4 Å². The number of anilines is 2. The molecule has 0 radical (unpaired) electrons. The maximum absolute atomic E-state index is 13.9. The van der Waals surface area contributed by atoms with Gasteiger partial charge in [-0.15, -0.1) is 11.8 Å². The van der Waals surface area contributed by atoms with Crippen LogP contribution in [0.25, 0.3) is 0 Å². The molecule has 2 bridgehead atoms. The van der Waals surface area contributed by atoms with E-state index in [1.54, 1.807) is 40.9 Å². The summed E-state index contributed by atoms with van der Waals surface area (Å²) in [5.74, 6) is -1.85. The lowest BCUT2D eigenvalue weighted by atomic mass is 9.70. The summed E-state index contributed by atoms with van der Waals surface area (Å²) in [7, 11) is 0. The number of likely N-dealkylation sites (tertiary alicyclic amines) is 1. The molecule has 5 rings (SSSR count). The standard InChI is InChI=1S/C26H28ClN3O4S/c1-2-18(14-31)30-22(24(33)29-17-10-8-15(27)9-11-17)26-13-12-19(35-26)20(21(26)25(30)34)23(32)28-16-6-4-3-5-7-16/h3-11,18-22,31H,2,12-14H2,1H3,(H,28,32)(H,29,33)/t18-,19+,20-,21-,22?,26?/m0/s1. The van der Waals surface area contributed by atoms with Crippen molar-refractivity contribution in [3.05, 3.63) is 59.6 Å². The van der Waals surface area contributed by atoms with E-state index in [9.17, 15) is 19.5 Å². The number of rotatable bonds is 7. The molecule has 3 amide bonds. The fourth-order valence-electron chi connectivity index (χ4n) is 5.99. The summed E-state index contributed by atoms with van der Waals surface area (Å²) in [5.41, 5.74) is 1.26. The number of nitrogens with zero attached hydrogens (tertiary/aromatic N) is 1. The first-order chi connectivity index (χ1) is 16.9. The average Bonchev–Trinajstić information content (AvgIpc) is 3.50. The zero-order chi connectivity index (χ0) is 24.7. The number of nitrogens with one attached hydrogen (secondary N) is 2. The summed E-state index contributed by atoms with van der Waals surface area (Å²) in [4.78, 5) is 42.7. The van der Waals surface area contributed by atoms with Crippen LogP contribution in [0.5, 0.6) is 0 Å². The van der Waals surface area contributed by atoms with Crippen LogP contribution in [0.15, 0.2) is 54.6 Å². The van der Waals surface area contributed by atoms with Gasteiger partial charge in [0.15, 0.2) is 0 Å². The Balaban J connectivity index is 1.49. The van der Waals surface area contributed by atoms with Crippen molar-refractivity contribution in [3.8, 4) is 0 Å². The van der Waals surface area contributed by atoms with Crippen molar-refractivity contribution in [2.45, 2.75) is 48.3 Å². The Bertz CT molecular complexity index is 1130. The Morgan fingerprint density at radius 2 is 1.77 bits per heavy atom. The summed E-state index contributed by atoms with van der Waals surface area (Å²) in [5, 5.41) is 16.5. The molecule has 2 unspecified atom stereocenters. The van der Waals surface area contributed by atoms with Crippen LogP contribution >= 0.6 is 23.4 Å². The van der Waals surface area contributed by atoms with E-state index < -0.39 is 28.7 Å². The first-order valence-electron chi connectivity index (χ1n) is 11.9. The van der Waals surface area contributed by atoms with Crippen LogP contribution < -0.4 is 10.6 Å². The Kier molecular flexibility index (Phi) is 6.55. The summed E-state index contributed by atoms with van der Waals surface area (Å²) in [6.07, 6.45) is 1.94. The highest BCUT2D eigenvalue weighted by Gasteiger charge is 2.74. The van der Waals surface area contributed by atoms with Gasteiger partial charge in [-0.25, -0.2) is 0 Å². The Hall–Kier alpha value is -2.55. The second-order valence-corrected chi connectivity index (χ2v) is 11.4. The Morgan fingerprint density at radius 3 is 2.43 bits per heavy atom. The highest BCUT2D eigenvalue weighted by atomic mass is 35.5. The van der Waals surface area contributed by atoms with Crippen molar-refractivity contribution in [1.82, 2.24) is 4.90 Å². The summed E-state index contributed by atoms with van der Waals surface area (Å²) < 4.78 is -0.709. The van der Waals surface area contributed by atoms with Crippen LogP contribution in [-0.4, -0.2) is 56.4 Å². The third kappa shape index (κ3) is 4.01. The molecule has 3 N–H and O–H groups in total. The monoisotopic (exact) mass is 513 g/mol. The van der Waals surface area contributed by atoms with Crippen LogP contribution in [0.3, 0.4) is 0 Å². The average molecular weight is 514 g/mol. The van der Waals surface area contributed by atoms with E-state index >= 15 is 0 Å². The number of amides is 3. The number of hydrogen-bond acceptors (Lipinski definition) is 5. The topological polar surface area (TPSA) is 98.7 Å². The third-order valence-corrected chi connectivity index (χ3v) is 9.72. The number of para-hydroxylation sites is 1. The normalized spacial score (nSPS) is 29.7. The van der Waals surface area contributed by atoms with E-state index in [0.717, 1.165) is 6.42 Å². The number of fused-ring (bicyclic) bond motifs is 1. The number of carbonyl (C=O) groups is 3. The molecule has 3 fully saturated rings. The van der Waals surface area contributed by atoms with Gasteiger partial charge in [0.1, 0.15) is 6.04 Å². The molecule has 35 heavy (non-hydrogen) atoms. The molecule has 0 aromatic heterocycles. The second-order valence-electron chi connectivity index (χ2n) is 9.40. The SMILES string of the molecule is CC[C@@H](CO)N1C(=O)[C@@H]2[C@@H](C(=O)Nc3ccccc3)[C@H]3CCC2(S3)C1C(=O)Nc1ccc(Cl)cc1. The number of carbonyl (C=O) groups excluding carboxylic acids is 3. The minimum Gasteiger partial charge on any atom is -0.394 e. The molecule has 1 spiro atoms. The number of aliphatic hydroxyl groups is 1. The van der Waals surface area contributed by atoms with Gasteiger partial charge in [-0.1, -0.05) is 36.7 Å². The molecule has 0 saturated carbocycles.